The van der Waals surface area contributed by atoms with Gasteiger partial charge in [0.15, 0.2) is 0 Å². The molecule has 3 aliphatic rings. The molecule has 0 unspecified atom stereocenters. The summed E-state index contributed by atoms with van der Waals surface area (Å²) >= 11 is 7.77. The molecule has 380 valence electrons. The number of nitrogens with one attached hydrogen (secondary N) is 3. The van der Waals surface area contributed by atoms with Crippen LogP contribution in [-0.4, -0.2) is 126 Å². The number of aryl methyl sites for hydroxylation is 1. The number of piperazine rings is 1. The monoisotopic (exact) mass is 1020 g/mol. The molecule has 7 rings (SSSR count). The third kappa shape index (κ3) is 12.0. The van der Waals surface area contributed by atoms with Crippen molar-refractivity contribution in [2.45, 2.75) is 105 Å². The van der Waals surface area contributed by atoms with Gasteiger partial charge in [0.1, 0.15) is 42.4 Å². The summed E-state index contributed by atoms with van der Waals surface area (Å²) in [4.78, 5) is 69.6. The number of nitriles is 1. The summed E-state index contributed by atoms with van der Waals surface area (Å²) in [5.41, 5.74) is 3.54. The highest BCUT2D eigenvalue weighted by Crippen LogP contribution is 2.55. The second-order valence-electron chi connectivity index (χ2n) is 21.1. The molecular formula is C52H64ClF2N9O6S. The van der Waals surface area contributed by atoms with Crippen molar-refractivity contribution in [2.75, 3.05) is 57.4 Å². The maximum Gasteiger partial charge on any atom is 0.267 e. The lowest BCUT2D eigenvalue weighted by molar-refractivity contribution is -0.164. The van der Waals surface area contributed by atoms with Crippen LogP contribution in [0.15, 0.2) is 66.3 Å². The lowest BCUT2D eigenvalue weighted by Crippen LogP contribution is -2.74. The smallest absolute Gasteiger partial charge is 0.267 e. The van der Waals surface area contributed by atoms with Crippen molar-refractivity contribution in [2.24, 2.45) is 16.2 Å². The highest BCUT2D eigenvalue weighted by Gasteiger charge is 2.64. The second-order valence-corrected chi connectivity index (χ2v) is 22.4. The van der Waals surface area contributed by atoms with Gasteiger partial charge >= 0.3 is 0 Å². The number of amides is 4. The number of pyridine rings is 1. The zero-order chi connectivity index (χ0) is 51.6. The summed E-state index contributed by atoms with van der Waals surface area (Å²) in [5, 5.41) is 18.3. The first-order valence-corrected chi connectivity index (χ1v) is 25.1. The molecule has 0 bridgehead atoms. The Labute approximate surface area is 423 Å². The van der Waals surface area contributed by atoms with Gasteiger partial charge in [-0.3, -0.25) is 24.1 Å². The van der Waals surface area contributed by atoms with E-state index in [1.165, 1.54) is 11.3 Å². The Morgan fingerprint density at radius 1 is 0.972 bits per heavy atom. The quantitative estimate of drug-likeness (QED) is 0.0950. The fourth-order valence-electron chi connectivity index (χ4n) is 10.3. The van der Waals surface area contributed by atoms with E-state index < -0.39 is 71.0 Å². The van der Waals surface area contributed by atoms with Gasteiger partial charge in [-0.2, -0.15) is 5.26 Å². The maximum atomic E-state index is 15.0. The molecule has 3 fully saturated rings. The van der Waals surface area contributed by atoms with Crippen LogP contribution in [0.2, 0.25) is 5.02 Å². The van der Waals surface area contributed by atoms with Gasteiger partial charge < -0.3 is 35.2 Å². The number of likely N-dealkylation sites (tertiary alicyclic amines) is 1. The molecule has 2 aliphatic heterocycles. The van der Waals surface area contributed by atoms with Crippen molar-refractivity contribution < 1.29 is 37.4 Å². The molecule has 0 spiro atoms. The number of ether oxygens (including phenoxy) is 2. The van der Waals surface area contributed by atoms with E-state index >= 15 is 8.78 Å². The molecule has 2 saturated heterocycles. The molecule has 3 N–H and O–H groups in total. The first-order chi connectivity index (χ1) is 33.4. The fourth-order valence-corrected chi connectivity index (χ4v) is 11.3. The molecule has 2 aromatic heterocycles. The number of aromatic nitrogens is 2. The largest absolute Gasteiger partial charge is 0.489 e. The normalized spacial score (nSPS) is 21.3. The van der Waals surface area contributed by atoms with Gasteiger partial charge in [0, 0.05) is 68.3 Å². The Morgan fingerprint density at radius 2 is 1.66 bits per heavy atom. The van der Waals surface area contributed by atoms with Crippen LogP contribution < -0.4 is 25.6 Å². The number of anilines is 1. The number of carbonyl (C=O) groups is 4. The highest BCUT2D eigenvalue weighted by molar-refractivity contribution is 7.13. The molecule has 0 radical (unpaired) electrons. The molecule has 4 amide bonds. The number of nitrogens with zero attached hydrogens (tertiary/aromatic N) is 6. The van der Waals surface area contributed by atoms with E-state index in [0.717, 1.165) is 32.4 Å². The van der Waals surface area contributed by atoms with Crippen LogP contribution in [0.1, 0.15) is 95.0 Å². The topological polar surface area (TPSA) is 182 Å². The van der Waals surface area contributed by atoms with Gasteiger partial charge in [0.25, 0.3) is 11.8 Å². The van der Waals surface area contributed by atoms with Gasteiger partial charge in [0.2, 0.25) is 17.7 Å². The second kappa shape index (κ2) is 21.2. The van der Waals surface area contributed by atoms with E-state index in [-0.39, 0.29) is 31.3 Å². The molecule has 71 heavy (non-hydrogen) atoms. The number of rotatable bonds is 16. The molecule has 2 aromatic carbocycles. The van der Waals surface area contributed by atoms with Crippen LogP contribution in [0.5, 0.6) is 5.75 Å². The summed E-state index contributed by atoms with van der Waals surface area (Å²) in [6, 6.07) is 14.9. The van der Waals surface area contributed by atoms with E-state index in [4.69, 9.17) is 21.1 Å². The van der Waals surface area contributed by atoms with Gasteiger partial charge in [0.05, 0.1) is 51.4 Å². The summed E-state index contributed by atoms with van der Waals surface area (Å²) < 4.78 is 42.1. The predicted molar refractivity (Wildman–Crippen MR) is 268 cm³/mol. The van der Waals surface area contributed by atoms with Gasteiger partial charge in [-0.05, 0) is 54.7 Å². The average Bonchev–Trinajstić information content (AvgIpc) is 3.91. The Hall–Kier alpha value is -5.74. The van der Waals surface area contributed by atoms with Crippen LogP contribution in [0.3, 0.4) is 0 Å². The number of carbonyl (C=O) groups excluding carboxylic acids is 4. The molecule has 4 aromatic rings. The van der Waals surface area contributed by atoms with Crippen LogP contribution in [0.25, 0.3) is 10.4 Å². The average molecular weight is 1020 g/mol. The zero-order valence-electron chi connectivity index (χ0n) is 41.8. The fraction of sp³-hybridized carbons (Fsp3) is 0.519. The van der Waals surface area contributed by atoms with Crippen molar-refractivity contribution in [1.29, 1.82) is 5.26 Å². The molecule has 15 nitrogen and oxygen atoms in total. The summed E-state index contributed by atoms with van der Waals surface area (Å²) in [5.74, 6) is -4.25. The highest BCUT2D eigenvalue weighted by atomic mass is 35.5. The van der Waals surface area contributed by atoms with E-state index in [1.54, 1.807) is 63.7 Å². The van der Waals surface area contributed by atoms with Gasteiger partial charge in [-0.15, -0.1) is 11.3 Å². The zero-order valence-corrected chi connectivity index (χ0v) is 43.3. The first kappa shape index (κ1) is 53.1. The summed E-state index contributed by atoms with van der Waals surface area (Å²) in [6.45, 7) is 19.3. The number of halogens is 3. The van der Waals surface area contributed by atoms with Crippen molar-refractivity contribution in [1.82, 2.24) is 35.7 Å². The van der Waals surface area contributed by atoms with E-state index in [2.05, 4.69) is 69.5 Å². The third-order valence-corrected chi connectivity index (χ3v) is 15.3. The molecule has 1 saturated carbocycles. The Balaban J connectivity index is 0.841. The molecular weight excluding hydrogens is 952 g/mol. The predicted octanol–water partition coefficient (Wildman–Crippen LogP) is 7.43. The van der Waals surface area contributed by atoms with E-state index in [0.29, 0.717) is 54.6 Å². The van der Waals surface area contributed by atoms with Crippen molar-refractivity contribution in [3.8, 4) is 22.3 Å². The van der Waals surface area contributed by atoms with Crippen LogP contribution in [-0.2, 0) is 19.1 Å². The SMILES string of the molecule is Cc1ncsc1-c1ccc([C@H](C)NC(=O)[C@@H]2CC(F)(F)CN2C(=O)[C@@H](NC(=O)COCCN2CCN(c3ccc(C(=O)NC4C(C)(C)C(Oc5ccc(C#N)c(Cl)c5)C4(C)C)cn3)CC2)C(C)(C)C)cc1. The van der Waals surface area contributed by atoms with Crippen molar-refractivity contribution >= 4 is 52.4 Å². The number of hydrogen-bond acceptors (Lipinski definition) is 12. The lowest BCUT2D eigenvalue weighted by Gasteiger charge is -2.63. The van der Waals surface area contributed by atoms with Gasteiger partial charge in [-0.25, -0.2) is 18.7 Å². The maximum absolute atomic E-state index is 15.0. The number of alkyl halides is 2. The van der Waals surface area contributed by atoms with Crippen LogP contribution in [0, 0.1) is 34.5 Å². The molecule has 4 heterocycles. The van der Waals surface area contributed by atoms with Gasteiger partial charge in [-0.1, -0.05) is 84.3 Å². The Bertz CT molecular complexity index is 2610. The number of benzene rings is 2. The minimum atomic E-state index is -3.30. The minimum Gasteiger partial charge on any atom is -0.489 e. The Kier molecular flexibility index (Phi) is 15.8. The Morgan fingerprint density at radius 3 is 2.25 bits per heavy atom. The van der Waals surface area contributed by atoms with Crippen LogP contribution in [0.4, 0.5) is 14.6 Å². The number of hydrogen-bond donors (Lipinski definition) is 3. The van der Waals surface area contributed by atoms with Crippen LogP contribution >= 0.6 is 22.9 Å². The summed E-state index contributed by atoms with van der Waals surface area (Å²) in [7, 11) is 0. The minimum absolute atomic E-state index is 0.199. The number of thiazole rings is 1. The lowest BCUT2D eigenvalue weighted by atomic mass is 9.49. The van der Waals surface area contributed by atoms with Crippen molar-refractivity contribution in [3.05, 3.63) is 93.7 Å². The van der Waals surface area contributed by atoms with E-state index in [1.807, 2.05) is 37.3 Å². The van der Waals surface area contributed by atoms with Crippen molar-refractivity contribution in [3.63, 3.8) is 0 Å². The first-order valence-electron chi connectivity index (χ1n) is 23.9. The molecule has 1 aliphatic carbocycles. The molecule has 3 atom stereocenters. The summed E-state index contributed by atoms with van der Waals surface area (Å²) in [6.07, 6.45) is 0.521. The van der Waals surface area contributed by atoms with E-state index in [9.17, 15) is 24.4 Å². The molecule has 19 heteroatoms. The standard InChI is InChI=1S/C52H64ClF2N9O6S/c1-31(33-10-12-34(13-11-33)42-32(2)58-30-71-42)59-45(67)39-25-52(54,55)29-64(39)46(68)43(49(3,4)5)60-41(65)28-69-23-22-62-18-20-63(21-19-62)40-17-15-36(27-57-40)44(66)61-47-50(6,7)48(51(47,8)9)70-37-16-14-35(26-56)38(53)24-37/h10-17,24,27,30-31,39,43,47-48H,18-23,25,28-29H2,1-9H3,(H,59,67)(H,60,65)(H,61,66)/t31-,39-,43+,47?,48?/m0/s1. The third-order valence-electron chi connectivity index (χ3n) is 14.0.